The SMILES string of the molecule is Cc1cc(C)cc(CN2CCCn3cccc3[C@@H]2c2ccccc2F)c1. The molecule has 134 valence electrons. The molecule has 0 aliphatic carbocycles. The monoisotopic (exact) mass is 348 g/mol. The molecule has 0 fully saturated rings. The summed E-state index contributed by atoms with van der Waals surface area (Å²) in [5.74, 6) is -0.127. The van der Waals surface area contributed by atoms with Crippen LogP contribution in [0.15, 0.2) is 60.8 Å². The van der Waals surface area contributed by atoms with Crippen molar-refractivity contribution in [3.63, 3.8) is 0 Å². The number of hydrogen-bond acceptors (Lipinski definition) is 1. The van der Waals surface area contributed by atoms with Crippen LogP contribution in [0.4, 0.5) is 4.39 Å². The molecule has 0 radical (unpaired) electrons. The van der Waals surface area contributed by atoms with E-state index in [9.17, 15) is 4.39 Å². The lowest BCUT2D eigenvalue weighted by Gasteiger charge is -2.31. The van der Waals surface area contributed by atoms with Crippen molar-refractivity contribution >= 4 is 0 Å². The van der Waals surface area contributed by atoms with Crippen LogP contribution in [-0.2, 0) is 13.1 Å². The number of nitrogens with zero attached hydrogens (tertiary/aromatic N) is 2. The van der Waals surface area contributed by atoms with Crippen LogP contribution in [0.25, 0.3) is 0 Å². The van der Waals surface area contributed by atoms with Crippen molar-refractivity contribution in [2.24, 2.45) is 0 Å². The summed E-state index contributed by atoms with van der Waals surface area (Å²) in [7, 11) is 0. The molecule has 0 spiro atoms. The summed E-state index contributed by atoms with van der Waals surface area (Å²) in [4.78, 5) is 2.42. The van der Waals surface area contributed by atoms with Gasteiger partial charge in [-0.25, -0.2) is 4.39 Å². The van der Waals surface area contributed by atoms with Gasteiger partial charge in [-0.2, -0.15) is 0 Å². The first kappa shape index (κ1) is 17.0. The summed E-state index contributed by atoms with van der Waals surface area (Å²) in [6, 6.07) is 18.0. The van der Waals surface area contributed by atoms with E-state index in [1.807, 2.05) is 12.1 Å². The van der Waals surface area contributed by atoms with E-state index in [-0.39, 0.29) is 11.9 Å². The van der Waals surface area contributed by atoms with E-state index in [1.165, 1.54) is 22.4 Å². The fourth-order valence-electron chi connectivity index (χ4n) is 4.26. The molecule has 0 N–H and O–H groups in total. The van der Waals surface area contributed by atoms with Gasteiger partial charge in [0.2, 0.25) is 0 Å². The highest BCUT2D eigenvalue weighted by Crippen LogP contribution is 2.34. The van der Waals surface area contributed by atoms with Crippen LogP contribution in [0.3, 0.4) is 0 Å². The van der Waals surface area contributed by atoms with E-state index in [0.29, 0.717) is 0 Å². The Balaban J connectivity index is 1.77. The first-order valence-electron chi connectivity index (χ1n) is 9.32. The standard InChI is InChI=1S/C23H25FN2/c1-17-13-18(2)15-19(14-17)16-26-12-6-11-25-10-5-9-22(25)23(26)20-7-3-4-8-21(20)24/h3-5,7-10,13-15,23H,6,11-12,16H2,1-2H3/t23-/m0/s1. The van der Waals surface area contributed by atoms with Crippen molar-refractivity contribution < 1.29 is 4.39 Å². The second-order valence-electron chi connectivity index (χ2n) is 7.37. The third-order valence-corrected chi connectivity index (χ3v) is 5.22. The van der Waals surface area contributed by atoms with Crippen LogP contribution >= 0.6 is 0 Å². The fraction of sp³-hybridized carbons (Fsp3) is 0.304. The fourth-order valence-corrected chi connectivity index (χ4v) is 4.26. The van der Waals surface area contributed by atoms with Gasteiger partial charge in [0.1, 0.15) is 5.82 Å². The van der Waals surface area contributed by atoms with E-state index in [0.717, 1.165) is 31.6 Å². The van der Waals surface area contributed by atoms with E-state index in [1.54, 1.807) is 12.1 Å². The summed E-state index contributed by atoms with van der Waals surface area (Å²) < 4.78 is 17.0. The Morgan fingerprint density at radius 2 is 1.73 bits per heavy atom. The Kier molecular flexibility index (Phi) is 4.64. The van der Waals surface area contributed by atoms with Gasteiger partial charge in [-0.3, -0.25) is 4.90 Å². The van der Waals surface area contributed by atoms with Crippen LogP contribution in [0.5, 0.6) is 0 Å². The molecule has 1 atom stereocenters. The second kappa shape index (κ2) is 7.08. The smallest absolute Gasteiger partial charge is 0.128 e. The average molecular weight is 348 g/mol. The predicted octanol–water partition coefficient (Wildman–Crippen LogP) is 5.24. The molecule has 0 amide bonds. The first-order chi connectivity index (χ1) is 12.6. The van der Waals surface area contributed by atoms with Crippen molar-refractivity contribution in [2.75, 3.05) is 6.54 Å². The van der Waals surface area contributed by atoms with Crippen molar-refractivity contribution in [1.82, 2.24) is 9.47 Å². The zero-order valence-corrected chi connectivity index (χ0v) is 15.5. The van der Waals surface area contributed by atoms with Crippen LogP contribution in [0.2, 0.25) is 0 Å². The highest BCUT2D eigenvalue weighted by molar-refractivity contribution is 5.33. The van der Waals surface area contributed by atoms with E-state index in [4.69, 9.17) is 0 Å². The van der Waals surface area contributed by atoms with E-state index >= 15 is 0 Å². The molecule has 2 aromatic carbocycles. The van der Waals surface area contributed by atoms with Crippen LogP contribution in [-0.4, -0.2) is 16.0 Å². The molecule has 0 saturated heterocycles. The molecule has 0 saturated carbocycles. The summed E-state index contributed by atoms with van der Waals surface area (Å²) in [6.45, 7) is 7.04. The van der Waals surface area contributed by atoms with E-state index < -0.39 is 0 Å². The minimum absolute atomic E-state index is 0.0606. The van der Waals surface area contributed by atoms with Crippen molar-refractivity contribution in [1.29, 1.82) is 0 Å². The molecular formula is C23H25FN2. The second-order valence-corrected chi connectivity index (χ2v) is 7.37. The molecule has 3 aromatic rings. The normalized spacial score (nSPS) is 17.7. The number of benzene rings is 2. The number of fused-ring (bicyclic) bond motifs is 1. The Labute approximate surface area is 154 Å². The van der Waals surface area contributed by atoms with Gasteiger partial charge < -0.3 is 4.57 Å². The number of rotatable bonds is 3. The molecular weight excluding hydrogens is 323 g/mol. The van der Waals surface area contributed by atoms with Crippen LogP contribution < -0.4 is 0 Å². The molecule has 4 rings (SSSR count). The molecule has 2 heterocycles. The summed E-state index contributed by atoms with van der Waals surface area (Å²) in [6.07, 6.45) is 3.18. The Hall–Kier alpha value is -2.39. The number of aromatic nitrogens is 1. The van der Waals surface area contributed by atoms with Crippen molar-refractivity contribution in [3.8, 4) is 0 Å². The molecule has 1 aromatic heterocycles. The van der Waals surface area contributed by atoms with Crippen molar-refractivity contribution in [3.05, 3.63) is 94.6 Å². The van der Waals surface area contributed by atoms with Gasteiger partial charge in [0.05, 0.1) is 6.04 Å². The summed E-state index contributed by atoms with van der Waals surface area (Å²) >= 11 is 0. The third kappa shape index (κ3) is 3.32. The van der Waals surface area contributed by atoms with Gasteiger partial charge in [-0.05, 0) is 44.0 Å². The maximum Gasteiger partial charge on any atom is 0.128 e. The number of aryl methyl sites for hydroxylation is 3. The first-order valence-corrected chi connectivity index (χ1v) is 9.32. The zero-order chi connectivity index (χ0) is 18.1. The number of hydrogen-bond donors (Lipinski definition) is 0. The van der Waals surface area contributed by atoms with Crippen LogP contribution in [0, 0.1) is 19.7 Å². The van der Waals surface area contributed by atoms with Gasteiger partial charge in [-0.15, -0.1) is 0 Å². The predicted molar refractivity (Wildman–Crippen MR) is 104 cm³/mol. The third-order valence-electron chi connectivity index (χ3n) is 5.22. The van der Waals surface area contributed by atoms with Gasteiger partial charge in [0, 0.05) is 37.1 Å². The topological polar surface area (TPSA) is 8.17 Å². The Bertz CT molecular complexity index is 892. The highest BCUT2D eigenvalue weighted by atomic mass is 19.1. The minimum Gasteiger partial charge on any atom is -0.350 e. The largest absolute Gasteiger partial charge is 0.350 e. The summed E-state index contributed by atoms with van der Waals surface area (Å²) in [5, 5.41) is 0. The van der Waals surface area contributed by atoms with E-state index in [2.05, 4.69) is 59.8 Å². The molecule has 0 unspecified atom stereocenters. The molecule has 1 aliphatic heterocycles. The lowest BCUT2D eigenvalue weighted by atomic mass is 9.99. The van der Waals surface area contributed by atoms with Gasteiger partial charge in [0.15, 0.2) is 0 Å². The molecule has 26 heavy (non-hydrogen) atoms. The maximum atomic E-state index is 14.7. The molecule has 0 bridgehead atoms. The van der Waals surface area contributed by atoms with Gasteiger partial charge in [0.25, 0.3) is 0 Å². The molecule has 2 nitrogen and oxygen atoms in total. The maximum absolute atomic E-state index is 14.7. The molecule has 3 heteroatoms. The Morgan fingerprint density at radius 1 is 0.962 bits per heavy atom. The zero-order valence-electron chi connectivity index (χ0n) is 15.5. The average Bonchev–Trinajstić information content (AvgIpc) is 2.97. The van der Waals surface area contributed by atoms with Crippen LogP contribution in [0.1, 0.15) is 40.4 Å². The van der Waals surface area contributed by atoms with Gasteiger partial charge >= 0.3 is 0 Å². The number of halogens is 1. The van der Waals surface area contributed by atoms with Crippen molar-refractivity contribution in [2.45, 2.75) is 39.4 Å². The Morgan fingerprint density at radius 3 is 2.50 bits per heavy atom. The lowest BCUT2D eigenvalue weighted by molar-refractivity contribution is 0.216. The molecule has 1 aliphatic rings. The summed E-state index contributed by atoms with van der Waals surface area (Å²) in [5.41, 5.74) is 5.79. The lowest BCUT2D eigenvalue weighted by Crippen LogP contribution is -2.30. The quantitative estimate of drug-likeness (QED) is 0.628. The minimum atomic E-state index is -0.127. The highest BCUT2D eigenvalue weighted by Gasteiger charge is 2.29. The van der Waals surface area contributed by atoms with Gasteiger partial charge in [-0.1, -0.05) is 47.5 Å².